The van der Waals surface area contributed by atoms with Gasteiger partial charge in [-0.15, -0.1) is 0 Å². The third-order valence-electron chi connectivity index (χ3n) is 1.39. The highest BCUT2D eigenvalue weighted by Crippen LogP contribution is 2.03. The fourth-order valence-electron chi connectivity index (χ4n) is 0.753. The van der Waals surface area contributed by atoms with Gasteiger partial charge in [-0.05, 0) is 18.2 Å². The summed E-state index contributed by atoms with van der Waals surface area (Å²) in [5, 5.41) is 0. The molecule has 0 aliphatic heterocycles. The molecule has 0 aliphatic rings. The molecule has 48 valence electrons. The summed E-state index contributed by atoms with van der Waals surface area (Å²) < 4.78 is 0. The Morgan fingerprint density at radius 1 is 1.22 bits per heavy atom. The normalized spacial score (nSPS) is 9.78. The molecule has 0 atom stereocenters. The molecule has 0 fully saturated rings. The summed E-state index contributed by atoms with van der Waals surface area (Å²) in [7, 11) is 1.23. The minimum absolute atomic E-state index is 0.855. The molecule has 2 N–H and O–H groups in total. The lowest BCUT2D eigenvalue weighted by atomic mass is 10.2. The van der Waals surface area contributed by atoms with Gasteiger partial charge in [-0.3, -0.25) is 0 Å². The van der Waals surface area contributed by atoms with Gasteiger partial charge in [0.2, 0.25) is 0 Å². The second-order valence-corrected chi connectivity index (χ2v) is 2.80. The van der Waals surface area contributed by atoms with E-state index in [1.165, 1.54) is 21.9 Å². The molecule has 2 heteroatoms. The van der Waals surface area contributed by atoms with Crippen molar-refractivity contribution in [3.63, 3.8) is 0 Å². The lowest BCUT2D eigenvalue weighted by Crippen LogP contribution is -1.86. The van der Waals surface area contributed by atoms with Crippen LogP contribution < -0.4 is 5.73 Å². The van der Waals surface area contributed by atoms with Crippen LogP contribution >= 0.6 is 0 Å². The molecule has 0 aromatic heterocycles. The number of benzene rings is 1. The number of nitrogens with two attached hydrogens (primary N) is 1. The molecular weight excluding hydrogens is 126 g/mol. The second kappa shape index (κ2) is 2.69. The topological polar surface area (TPSA) is 26.0 Å². The molecule has 0 amide bonds. The molecule has 9 heavy (non-hydrogen) atoms. The summed E-state index contributed by atoms with van der Waals surface area (Å²) >= 11 is 0. The number of hydrogen-bond donors (Lipinski definition) is 1. The summed E-state index contributed by atoms with van der Waals surface area (Å²) in [6.45, 7) is 0. The van der Waals surface area contributed by atoms with Crippen molar-refractivity contribution in [2.45, 2.75) is 6.04 Å². The van der Waals surface area contributed by atoms with Crippen molar-refractivity contribution in [3.8, 4) is 0 Å². The summed E-state index contributed by atoms with van der Waals surface area (Å²) in [4.78, 5) is 0. The summed E-state index contributed by atoms with van der Waals surface area (Å²) in [6, 6.07) is 9.30. The van der Waals surface area contributed by atoms with Crippen LogP contribution in [-0.4, -0.2) is 10.2 Å². The summed E-state index contributed by atoms with van der Waals surface area (Å²) in [6.07, 6.45) is 0. The highest BCUT2D eigenvalue weighted by Gasteiger charge is 1.85. The van der Waals surface area contributed by atoms with Crippen LogP contribution in [0.3, 0.4) is 0 Å². The first-order chi connectivity index (χ1) is 4.33. The van der Waals surface area contributed by atoms with Gasteiger partial charge >= 0.3 is 0 Å². The fraction of sp³-hybridized carbons (Fsp3) is 0.143. The molecule has 0 heterocycles. The number of nitrogen functional groups attached to an aromatic ring is 1. The second-order valence-electron chi connectivity index (χ2n) is 2.10. The number of anilines is 1. The van der Waals surface area contributed by atoms with E-state index in [0.29, 0.717) is 0 Å². The van der Waals surface area contributed by atoms with Gasteiger partial charge in [-0.25, -0.2) is 0 Å². The minimum atomic E-state index is 0.855. The van der Waals surface area contributed by atoms with Crippen LogP contribution in [0.1, 0.15) is 5.56 Å². The van der Waals surface area contributed by atoms with E-state index >= 15 is 0 Å². The van der Waals surface area contributed by atoms with Crippen LogP contribution in [0.5, 0.6) is 0 Å². The Labute approximate surface area is 58.3 Å². The standard InChI is InChI=1S/C7H11NSi/c8-7-3-1-6(5-9)2-4-7/h1-4H,5,8H2,9H3. The molecule has 0 spiro atoms. The van der Waals surface area contributed by atoms with Crippen LogP contribution in [0.15, 0.2) is 24.3 Å². The molecule has 0 saturated heterocycles. The zero-order chi connectivity index (χ0) is 6.69. The van der Waals surface area contributed by atoms with Crippen LogP contribution in [0, 0.1) is 0 Å². The molecule has 0 radical (unpaired) electrons. The van der Waals surface area contributed by atoms with E-state index in [2.05, 4.69) is 12.1 Å². The smallest absolute Gasteiger partial charge is 0.0314 e. The monoisotopic (exact) mass is 137 g/mol. The van der Waals surface area contributed by atoms with Crippen molar-refractivity contribution in [1.82, 2.24) is 0 Å². The summed E-state index contributed by atoms with van der Waals surface area (Å²) in [5.41, 5.74) is 7.75. The third kappa shape index (κ3) is 1.57. The maximum absolute atomic E-state index is 5.49. The molecule has 1 rings (SSSR count). The average molecular weight is 137 g/mol. The van der Waals surface area contributed by atoms with Gasteiger partial charge in [-0.1, -0.05) is 17.7 Å². The van der Waals surface area contributed by atoms with Gasteiger partial charge in [-0.2, -0.15) is 0 Å². The van der Waals surface area contributed by atoms with Crippen molar-refractivity contribution < 1.29 is 0 Å². The predicted molar refractivity (Wildman–Crippen MR) is 44.5 cm³/mol. The first-order valence-corrected chi connectivity index (χ1v) is 4.58. The van der Waals surface area contributed by atoms with Gasteiger partial charge in [0.25, 0.3) is 0 Å². The van der Waals surface area contributed by atoms with E-state index in [0.717, 1.165) is 5.69 Å². The van der Waals surface area contributed by atoms with E-state index in [-0.39, 0.29) is 0 Å². The maximum Gasteiger partial charge on any atom is 0.0314 e. The zero-order valence-corrected chi connectivity index (χ0v) is 7.59. The lowest BCUT2D eigenvalue weighted by molar-refractivity contribution is 1.40. The first kappa shape index (κ1) is 6.36. The van der Waals surface area contributed by atoms with Crippen LogP contribution in [-0.2, 0) is 6.04 Å². The highest BCUT2D eigenvalue weighted by molar-refractivity contribution is 6.08. The molecular formula is C7H11NSi. The third-order valence-corrected chi connectivity index (χ3v) is 2.20. The Kier molecular flexibility index (Phi) is 1.90. The van der Waals surface area contributed by atoms with Gasteiger partial charge < -0.3 is 5.73 Å². The van der Waals surface area contributed by atoms with Crippen molar-refractivity contribution in [2.75, 3.05) is 5.73 Å². The molecule has 1 aromatic carbocycles. The Hall–Kier alpha value is -0.763. The van der Waals surface area contributed by atoms with E-state index in [1.807, 2.05) is 12.1 Å². The van der Waals surface area contributed by atoms with Gasteiger partial charge in [0.15, 0.2) is 0 Å². The largest absolute Gasteiger partial charge is 0.399 e. The Morgan fingerprint density at radius 2 is 1.78 bits per heavy atom. The zero-order valence-electron chi connectivity index (χ0n) is 5.59. The molecule has 1 aromatic rings. The Morgan fingerprint density at radius 3 is 2.22 bits per heavy atom. The van der Waals surface area contributed by atoms with E-state index < -0.39 is 0 Å². The van der Waals surface area contributed by atoms with Crippen LogP contribution in [0.4, 0.5) is 5.69 Å². The molecule has 0 unspecified atom stereocenters. The maximum atomic E-state index is 5.49. The first-order valence-electron chi connectivity index (χ1n) is 3.17. The van der Waals surface area contributed by atoms with Gasteiger partial charge in [0, 0.05) is 15.9 Å². The van der Waals surface area contributed by atoms with Crippen LogP contribution in [0.2, 0.25) is 0 Å². The van der Waals surface area contributed by atoms with Crippen molar-refractivity contribution in [1.29, 1.82) is 0 Å². The lowest BCUT2D eigenvalue weighted by Gasteiger charge is -1.94. The number of hydrogen-bond acceptors (Lipinski definition) is 1. The van der Waals surface area contributed by atoms with Gasteiger partial charge in [0.05, 0.1) is 0 Å². The van der Waals surface area contributed by atoms with Gasteiger partial charge in [0.1, 0.15) is 0 Å². The Balaban J connectivity index is 2.88. The minimum Gasteiger partial charge on any atom is -0.399 e. The van der Waals surface area contributed by atoms with E-state index in [9.17, 15) is 0 Å². The SMILES string of the molecule is Nc1ccc(C[SiH3])cc1. The van der Waals surface area contributed by atoms with Crippen LogP contribution in [0.25, 0.3) is 0 Å². The number of rotatable bonds is 1. The molecule has 0 bridgehead atoms. The van der Waals surface area contributed by atoms with Crippen molar-refractivity contribution >= 4 is 15.9 Å². The quantitative estimate of drug-likeness (QED) is 0.432. The van der Waals surface area contributed by atoms with E-state index in [4.69, 9.17) is 5.73 Å². The summed E-state index contributed by atoms with van der Waals surface area (Å²) in [5.74, 6) is 0. The average Bonchev–Trinajstić information content (AvgIpc) is 1.90. The van der Waals surface area contributed by atoms with Crippen molar-refractivity contribution in [2.24, 2.45) is 0 Å². The Bertz CT molecular complexity index is 181. The fourth-order valence-corrected chi connectivity index (χ4v) is 1.22. The molecule has 1 nitrogen and oxygen atoms in total. The highest BCUT2D eigenvalue weighted by atomic mass is 28.1. The predicted octanol–water partition coefficient (Wildman–Crippen LogP) is 0.134. The van der Waals surface area contributed by atoms with Crippen molar-refractivity contribution in [3.05, 3.63) is 29.8 Å². The molecule has 0 saturated carbocycles. The molecule has 0 aliphatic carbocycles. The van der Waals surface area contributed by atoms with E-state index in [1.54, 1.807) is 0 Å².